The fourth-order valence-corrected chi connectivity index (χ4v) is 2.81. The van der Waals surface area contributed by atoms with E-state index in [2.05, 4.69) is 10.6 Å². The first kappa shape index (κ1) is 21.2. The highest BCUT2D eigenvalue weighted by Gasteiger charge is 2.09. The molecule has 0 saturated heterocycles. The van der Waals surface area contributed by atoms with E-state index in [0.29, 0.717) is 34.4 Å². The predicted molar refractivity (Wildman–Crippen MR) is 116 cm³/mol. The Morgan fingerprint density at radius 1 is 0.900 bits per heavy atom. The quantitative estimate of drug-likeness (QED) is 0.565. The summed E-state index contributed by atoms with van der Waals surface area (Å²) in [5.41, 5.74) is 1.94. The Kier molecular flexibility index (Phi) is 7.29. The molecule has 154 valence electrons. The first-order chi connectivity index (χ1) is 14.5. The van der Waals surface area contributed by atoms with Gasteiger partial charge in [0.25, 0.3) is 5.91 Å². The zero-order valence-electron chi connectivity index (χ0n) is 16.4. The molecule has 30 heavy (non-hydrogen) atoms. The van der Waals surface area contributed by atoms with Crippen molar-refractivity contribution in [3.63, 3.8) is 0 Å². The predicted octanol–water partition coefficient (Wildman–Crippen LogP) is 4.30. The van der Waals surface area contributed by atoms with Crippen molar-refractivity contribution in [2.75, 3.05) is 19.0 Å². The van der Waals surface area contributed by atoms with Crippen LogP contribution in [0.2, 0.25) is 5.02 Å². The van der Waals surface area contributed by atoms with Crippen LogP contribution in [-0.2, 0) is 11.4 Å². The summed E-state index contributed by atoms with van der Waals surface area (Å²) in [5, 5.41) is 5.96. The minimum absolute atomic E-state index is 0.143. The van der Waals surface area contributed by atoms with Crippen LogP contribution in [0.25, 0.3) is 0 Å². The summed E-state index contributed by atoms with van der Waals surface area (Å²) in [5.74, 6) is 0.641. The van der Waals surface area contributed by atoms with E-state index in [1.807, 2.05) is 24.3 Å². The van der Waals surface area contributed by atoms with E-state index < -0.39 is 0 Å². The molecule has 0 radical (unpaired) electrons. The summed E-state index contributed by atoms with van der Waals surface area (Å²) in [6.45, 7) is 0.207. The molecule has 6 nitrogen and oxygen atoms in total. The van der Waals surface area contributed by atoms with Crippen molar-refractivity contribution in [3.8, 4) is 11.5 Å². The van der Waals surface area contributed by atoms with Gasteiger partial charge >= 0.3 is 0 Å². The summed E-state index contributed by atoms with van der Waals surface area (Å²) in [6.07, 6.45) is 0. The lowest BCUT2D eigenvalue weighted by Gasteiger charge is -2.10. The van der Waals surface area contributed by atoms with Gasteiger partial charge in [-0.25, -0.2) is 0 Å². The maximum atomic E-state index is 12.1. The van der Waals surface area contributed by atoms with Crippen LogP contribution in [-0.4, -0.2) is 25.5 Å². The Morgan fingerprint density at radius 3 is 2.23 bits per heavy atom. The number of anilines is 1. The number of nitrogens with one attached hydrogen (secondary N) is 2. The van der Waals surface area contributed by atoms with Gasteiger partial charge in [0.2, 0.25) is 5.91 Å². The first-order valence-electron chi connectivity index (χ1n) is 9.23. The molecule has 7 heteroatoms. The molecule has 2 amide bonds. The van der Waals surface area contributed by atoms with Crippen LogP contribution in [0.1, 0.15) is 15.9 Å². The number of benzene rings is 3. The molecular formula is C23H21ClN2O4. The molecule has 3 aromatic carbocycles. The Hall–Kier alpha value is -3.51. The lowest BCUT2D eigenvalue weighted by Crippen LogP contribution is -2.32. The monoisotopic (exact) mass is 424 g/mol. The molecule has 0 spiro atoms. The molecule has 0 fully saturated rings. The molecular weight excluding hydrogens is 404 g/mol. The number of carbonyl (C=O) groups is 2. The van der Waals surface area contributed by atoms with Crippen molar-refractivity contribution in [1.82, 2.24) is 5.32 Å². The number of carbonyl (C=O) groups excluding carboxylic acids is 2. The first-order valence-corrected chi connectivity index (χ1v) is 9.61. The third kappa shape index (κ3) is 5.99. The zero-order valence-corrected chi connectivity index (χ0v) is 17.1. The maximum absolute atomic E-state index is 12.1. The van der Waals surface area contributed by atoms with Gasteiger partial charge in [0.1, 0.15) is 18.1 Å². The Balaban J connectivity index is 1.45. The topological polar surface area (TPSA) is 76.7 Å². The van der Waals surface area contributed by atoms with Crippen molar-refractivity contribution < 1.29 is 19.1 Å². The molecule has 3 aromatic rings. The smallest absolute Gasteiger partial charge is 0.251 e. The van der Waals surface area contributed by atoms with Crippen LogP contribution < -0.4 is 20.1 Å². The van der Waals surface area contributed by atoms with Crippen LogP contribution in [0, 0.1) is 0 Å². The van der Waals surface area contributed by atoms with Crippen LogP contribution in [0.15, 0.2) is 72.8 Å². The number of methoxy groups -OCH3 is 1. The molecule has 0 aliphatic carbocycles. The number of amides is 2. The highest BCUT2D eigenvalue weighted by Crippen LogP contribution is 2.20. The fraction of sp³-hybridized carbons (Fsp3) is 0.130. The summed E-state index contributed by atoms with van der Waals surface area (Å²) < 4.78 is 10.8. The van der Waals surface area contributed by atoms with Crippen molar-refractivity contribution in [1.29, 1.82) is 0 Å². The summed E-state index contributed by atoms with van der Waals surface area (Å²) in [7, 11) is 1.55. The standard InChI is InChI=1S/C23H21ClN2O4/c1-29-19-10-6-16(7-11-19)23(28)25-14-22(27)26-18-8-12-20(13-9-18)30-15-17-4-2-3-5-21(17)24/h2-13H,14-15H2,1H3,(H,25,28)(H,26,27). The van der Waals surface area contributed by atoms with E-state index in [0.717, 1.165) is 5.56 Å². The van der Waals surface area contributed by atoms with Gasteiger partial charge in [0, 0.05) is 21.8 Å². The Labute approximate surface area is 179 Å². The number of ether oxygens (including phenoxy) is 2. The van der Waals surface area contributed by atoms with Gasteiger partial charge in [-0.1, -0.05) is 29.8 Å². The maximum Gasteiger partial charge on any atom is 0.251 e. The van der Waals surface area contributed by atoms with Gasteiger partial charge in [-0.15, -0.1) is 0 Å². The van der Waals surface area contributed by atoms with Gasteiger partial charge in [-0.2, -0.15) is 0 Å². The number of halogens is 1. The zero-order chi connectivity index (χ0) is 21.3. The second-order valence-electron chi connectivity index (χ2n) is 6.36. The Bertz CT molecular complexity index is 1000. The second kappa shape index (κ2) is 10.3. The third-order valence-electron chi connectivity index (χ3n) is 4.25. The molecule has 0 atom stereocenters. The lowest BCUT2D eigenvalue weighted by molar-refractivity contribution is -0.115. The number of hydrogen-bond acceptors (Lipinski definition) is 4. The van der Waals surface area contributed by atoms with E-state index in [4.69, 9.17) is 21.1 Å². The van der Waals surface area contributed by atoms with E-state index >= 15 is 0 Å². The number of hydrogen-bond donors (Lipinski definition) is 2. The second-order valence-corrected chi connectivity index (χ2v) is 6.77. The summed E-state index contributed by atoms with van der Waals surface area (Å²) in [4.78, 5) is 24.2. The van der Waals surface area contributed by atoms with E-state index in [-0.39, 0.29) is 18.4 Å². The van der Waals surface area contributed by atoms with Crippen molar-refractivity contribution in [3.05, 3.63) is 88.9 Å². The highest BCUT2D eigenvalue weighted by atomic mass is 35.5. The third-order valence-corrected chi connectivity index (χ3v) is 4.62. The molecule has 0 unspecified atom stereocenters. The molecule has 0 aliphatic rings. The van der Waals surface area contributed by atoms with Crippen LogP contribution in [0.5, 0.6) is 11.5 Å². The molecule has 0 bridgehead atoms. The van der Waals surface area contributed by atoms with Crippen molar-refractivity contribution in [2.24, 2.45) is 0 Å². The van der Waals surface area contributed by atoms with Crippen LogP contribution in [0.3, 0.4) is 0 Å². The van der Waals surface area contributed by atoms with E-state index in [9.17, 15) is 9.59 Å². The van der Waals surface area contributed by atoms with Crippen molar-refractivity contribution in [2.45, 2.75) is 6.61 Å². The van der Waals surface area contributed by atoms with Crippen LogP contribution >= 0.6 is 11.6 Å². The molecule has 2 N–H and O–H groups in total. The molecule has 0 saturated carbocycles. The van der Waals surface area contributed by atoms with Crippen molar-refractivity contribution >= 4 is 29.1 Å². The normalized spacial score (nSPS) is 10.2. The van der Waals surface area contributed by atoms with Gasteiger partial charge in [-0.05, 0) is 54.6 Å². The summed E-state index contributed by atoms with van der Waals surface area (Å²) >= 11 is 6.11. The SMILES string of the molecule is COc1ccc(C(=O)NCC(=O)Nc2ccc(OCc3ccccc3Cl)cc2)cc1. The highest BCUT2D eigenvalue weighted by molar-refractivity contribution is 6.31. The molecule has 0 aliphatic heterocycles. The minimum atomic E-state index is -0.337. The molecule has 3 rings (SSSR count). The average Bonchev–Trinajstić information content (AvgIpc) is 2.78. The fourth-order valence-electron chi connectivity index (χ4n) is 2.62. The largest absolute Gasteiger partial charge is 0.497 e. The summed E-state index contributed by atoms with van der Waals surface area (Å²) in [6, 6.07) is 21.1. The molecule has 0 aromatic heterocycles. The van der Waals surface area contributed by atoms with E-state index in [1.165, 1.54) is 0 Å². The average molecular weight is 425 g/mol. The lowest BCUT2D eigenvalue weighted by atomic mass is 10.2. The Morgan fingerprint density at radius 2 is 1.57 bits per heavy atom. The van der Waals surface area contributed by atoms with Gasteiger partial charge < -0.3 is 20.1 Å². The molecule has 0 heterocycles. The van der Waals surface area contributed by atoms with Gasteiger partial charge in [0.05, 0.1) is 13.7 Å². The van der Waals surface area contributed by atoms with Gasteiger partial charge in [-0.3, -0.25) is 9.59 Å². The van der Waals surface area contributed by atoms with Gasteiger partial charge in [0.15, 0.2) is 0 Å². The number of rotatable bonds is 8. The van der Waals surface area contributed by atoms with E-state index in [1.54, 1.807) is 55.6 Å². The van der Waals surface area contributed by atoms with Crippen LogP contribution in [0.4, 0.5) is 5.69 Å². The minimum Gasteiger partial charge on any atom is -0.497 e.